The Hall–Kier alpha value is 0.0600. The van der Waals surface area contributed by atoms with E-state index in [1.165, 1.54) is 0 Å². The molecule has 12 nitrogen and oxygen atoms in total. The Morgan fingerprint density at radius 1 is 0.650 bits per heavy atom. The zero-order valence-electron chi connectivity index (χ0n) is 9.41. The van der Waals surface area contributed by atoms with E-state index >= 15 is 0 Å². The van der Waals surface area contributed by atoms with Gasteiger partial charge in [-0.1, -0.05) is 0 Å². The minimum atomic E-state index is -5.78. The smallest absolute Gasteiger partial charge is 0.120 e. The zero-order valence-corrected chi connectivity index (χ0v) is 11.2. The van der Waals surface area contributed by atoms with Crippen molar-refractivity contribution in [3.05, 3.63) is 0 Å². The quantitative estimate of drug-likeness (QED) is 0.352. The van der Waals surface area contributed by atoms with Crippen LogP contribution in [0.3, 0.4) is 0 Å². The molecule has 0 amide bonds. The largest absolute Gasteiger partial charge is 0.790 e. The summed E-state index contributed by atoms with van der Waals surface area (Å²) < 4.78 is 28.5. The maximum Gasteiger partial charge on any atom is 0.120 e. The molecule has 1 rings (SSSR count). The number of hydrogen-bond donors (Lipinski definition) is 4. The summed E-state index contributed by atoms with van der Waals surface area (Å²) in [6.07, 6.45) is -13.7. The highest BCUT2D eigenvalue weighted by Crippen LogP contribution is 2.40. The van der Waals surface area contributed by atoms with E-state index in [0.717, 1.165) is 0 Å². The van der Waals surface area contributed by atoms with Gasteiger partial charge < -0.3 is 58.2 Å². The summed E-state index contributed by atoms with van der Waals surface area (Å²) in [7, 11) is -11.6. The predicted molar refractivity (Wildman–Crippen MR) is 49.0 cm³/mol. The third-order valence-corrected chi connectivity index (χ3v) is 3.55. The van der Waals surface area contributed by atoms with E-state index in [9.17, 15) is 49.1 Å². The maximum absolute atomic E-state index is 10.5. The van der Waals surface area contributed by atoms with Gasteiger partial charge >= 0.3 is 0 Å². The van der Waals surface area contributed by atoms with Crippen LogP contribution in [0.4, 0.5) is 0 Å². The van der Waals surface area contributed by atoms with Crippen molar-refractivity contribution in [3.8, 4) is 0 Å². The highest BCUT2D eigenvalue weighted by Gasteiger charge is 2.51. The zero-order chi connectivity index (χ0) is 15.9. The van der Waals surface area contributed by atoms with Gasteiger partial charge in [-0.05, 0) is 0 Å². The third-order valence-electron chi connectivity index (χ3n) is 2.55. The molecule has 0 aromatic heterocycles. The Morgan fingerprint density at radius 2 is 0.900 bits per heavy atom. The first-order valence-electron chi connectivity index (χ1n) is 4.96. The molecule has 1 fully saturated rings. The Bertz CT molecular complexity index is 388. The normalized spacial score (nSPS) is 39.8. The molecule has 0 heterocycles. The van der Waals surface area contributed by atoms with Crippen molar-refractivity contribution in [1.82, 2.24) is 0 Å². The topological polar surface area (TPSA) is 226 Å². The third kappa shape index (κ3) is 4.53. The van der Waals surface area contributed by atoms with Crippen molar-refractivity contribution >= 4 is 15.6 Å². The highest BCUT2D eigenvalue weighted by atomic mass is 31.2. The van der Waals surface area contributed by atoms with Gasteiger partial charge in [-0.3, -0.25) is 0 Å². The van der Waals surface area contributed by atoms with Crippen LogP contribution in [0.25, 0.3) is 0 Å². The number of aliphatic hydroxyl groups excluding tert-OH is 4. The average Bonchev–Trinajstić information content (AvgIpc) is 2.25. The standard InChI is InChI=1S/C6H14O12P2/c7-1-2(8)4(10)6(18-20(14,15)16)5(3(1)9)17-19(11,12)13/h1-10H,(H2,11,12,13)(H2,14,15,16)/p-4. The molecule has 1 saturated carbocycles. The van der Waals surface area contributed by atoms with Crippen LogP contribution in [-0.2, 0) is 18.2 Å². The van der Waals surface area contributed by atoms with Crippen LogP contribution in [0.15, 0.2) is 0 Å². The molecule has 6 atom stereocenters. The van der Waals surface area contributed by atoms with Gasteiger partial charge in [0.05, 0.1) is 15.6 Å². The SMILES string of the molecule is O=P([O-])([O-])OC1C(O)C(O)C(O)C(O)C1OP(=O)([O-])[O-]. The number of aliphatic hydroxyl groups is 4. The molecule has 0 aromatic rings. The molecule has 0 saturated heterocycles. The molecule has 4 N–H and O–H groups in total. The van der Waals surface area contributed by atoms with Crippen molar-refractivity contribution in [2.75, 3.05) is 0 Å². The summed E-state index contributed by atoms with van der Waals surface area (Å²) in [4.78, 5) is 41.9. The van der Waals surface area contributed by atoms with Gasteiger partial charge in [0.1, 0.15) is 36.6 Å². The van der Waals surface area contributed by atoms with Crippen molar-refractivity contribution < 1.29 is 58.2 Å². The summed E-state index contributed by atoms with van der Waals surface area (Å²) in [6, 6.07) is 0. The molecule has 0 spiro atoms. The fourth-order valence-corrected chi connectivity index (χ4v) is 2.81. The van der Waals surface area contributed by atoms with Gasteiger partial charge in [0.25, 0.3) is 0 Å². The van der Waals surface area contributed by atoms with E-state index in [-0.39, 0.29) is 0 Å². The summed E-state index contributed by atoms with van der Waals surface area (Å²) >= 11 is 0. The first-order valence-corrected chi connectivity index (χ1v) is 7.89. The number of phosphoric ester groups is 2. The summed E-state index contributed by atoms with van der Waals surface area (Å²) in [5.74, 6) is 0. The monoisotopic (exact) mass is 336 g/mol. The molecule has 0 bridgehead atoms. The van der Waals surface area contributed by atoms with Crippen molar-refractivity contribution in [1.29, 1.82) is 0 Å². The molecule has 0 aromatic carbocycles. The lowest BCUT2D eigenvalue weighted by Gasteiger charge is -2.48. The molecule has 14 heteroatoms. The lowest BCUT2D eigenvalue weighted by Crippen LogP contribution is -2.65. The minimum absolute atomic E-state index is 2.17. The van der Waals surface area contributed by atoms with Gasteiger partial charge in [-0.15, -0.1) is 0 Å². The molecule has 20 heavy (non-hydrogen) atoms. The van der Waals surface area contributed by atoms with Crippen molar-refractivity contribution in [2.24, 2.45) is 0 Å². The van der Waals surface area contributed by atoms with E-state index in [1.54, 1.807) is 0 Å². The summed E-state index contributed by atoms with van der Waals surface area (Å²) in [5, 5.41) is 37.4. The van der Waals surface area contributed by atoms with Crippen molar-refractivity contribution in [2.45, 2.75) is 36.6 Å². The Morgan fingerprint density at radius 3 is 1.10 bits per heavy atom. The Balaban J connectivity index is 3.09. The van der Waals surface area contributed by atoms with Crippen LogP contribution < -0.4 is 19.6 Å². The fraction of sp³-hybridized carbons (Fsp3) is 1.00. The molecular weight excluding hydrogens is 326 g/mol. The second-order valence-corrected chi connectivity index (χ2v) is 6.21. The van der Waals surface area contributed by atoms with Crippen LogP contribution in [0, 0.1) is 0 Å². The molecule has 120 valence electrons. The van der Waals surface area contributed by atoms with Gasteiger partial charge in [-0.2, -0.15) is 0 Å². The molecule has 6 unspecified atom stereocenters. The molecule has 1 aliphatic rings. The predicted octanol–water partition coefficient (Wildman–Crippen LogP) is -6.13. The number of hydrogen-bond acceptors (Lipinski definition) is 12. The first-order chi connectivity index (χ1) is 8.83. The van der Waals surface area contributed by atoms with Crippen LogP contribution in [0.5, 0.6) is 0 Å². The van der Waals surface area contributed by atoms with Gasteiger partial charge in [0.2, 0.25) is 0 Å². The second-order valence-electron chi connectivity index (χ2n) is 4.00. The Kier molecular flexibility index (Phi) is 5.48. The lowest BCUT2D eigenvalue weighted by atomic mass is 9.85. The van der Waals surface area contributed by atoms with E-state index in [1.807, 2.05) is 0 Å². The molecule has 1 aliphatic carbocycles. The minimum Gasteiger partial charge on any atom is -0.790 e. The van der Waals surface area contributed by atoms with Gasteiger partial charge in [0.15, 0.2) is 0 Å². The van der Waals surface area contributed by atoms with E-state index in [0.29, 0.717) is 0 Å². The lowest BCUT2D eigenvalue weighted by molar-refractivity contribution is -0.366. The Labute approximate surface area is 111 Å². The number of phosphoric acid groups is 2. The van der Waals surface area contributed by atoms with Crippen LogP contribution >= 0.6 is 15.6 Å². The highest BCUT2D eigenvalue weighted by molar-refractivity contribution is 7.43. The average molecular weight is 336 g/mol. The van der Waals surface area contributed by atoms with Crippen LogP contribution in [0.2, 0.25) is 0 Å². The van der Waals surface area contributed by atoms with E-state index < -0.39 is 52.3 Å². The molecule has 0 radical (unpaired) electrons. The van der Waals surface area contributed by atoms with Gasteiger partial charge in [-0.25, -0.2) is 0 Å². The summed E-state index contributed by atoms with van der Waals surface area (Å²) in [5.41, 5.74) is 0. The van der Waals surface area contributed by atoms with E-state index in [2.05, 4.69) is 9.05 Å². The molecule has 0 aliphatic heterocycles. The van der Waals surface area contributed by atoms with E-state index in [4.69, 9.17) is 0 Å². The fourth-order valence-electron chi connectivity index (χ4n) is 1.72. The second kappa shape index (κ2) is 6.05. The van der Waals surface area contributed by atoms with Crippen molar-refractivity contribution in [3.63, 3.8) is 0 Å². The summed E-state index contributed by atoms with van der Waals surface area (Å²) in [6.45, 7) is 0. The van der Waals surface area contributed by atoms with Gasteiger partial charge in [0, 0.05) is 0 Å². The first kappa shape index (κ1) is 18.1. The number of rotatable bonds is 4. The van der Waals surface area contributed by atoms with Crippen LogP contribution in [0.1, 0.15) is 0 Å². The maximum atomic E-state index is 10.5. The van der Waals surface area contributed by atoms with Crippen LogP contribution in [-0.4, -0.2) is 57.0 Å². The molecular formula is C6H10O12P2-4.